The highest BCUT2D eigenvalue weighted by Gasteiger charge is 2.34. The fraction of sp³-hybridized carbons (Fsp3) is 0.917. The summed E-state index contributed by atoms with van der Waals surface area (Å²) in [6.45, 7) is 4.30. The Bertz CT molecular complexity index is 248. The molecule has 0 aromatic rings. The first kappa shape index (κ1) is 18.0. The van der Waals surface area contributed by atoms with Gasteiger partial charge in [-0.2, -0.15) is 11.8 Å². The first-order valence-corrected chi connectivity index (χ1v) is 7.53. The van der Waals surface area contributed by atoms with Gasteiger partial charge >= 0.3 is 0 Å². The van der Waals surface area contributed by atoms with Gasteiger partial charge in [-0.1, -0.05) is 6.92 Å². The molecule has 4 nitrogen and oxygen atoms in total. The maximum atomic E-state index is 11.8. The molecule has 108 valence electrons. The topological polar surface area (TPSA) is 50.4 Å². The highest BCUT2D eigenvalue weighted by molar-refractivity contribution is 7.98. The lowest BCUT2D eigenvalue weighted by Crippen LogP contribution is -2.53. The summed E-state index contributed by atoms with van der Waals surface area (Å²) >= 11 is 1.70. The van der Waals surface area contributed by atoms with Crippen LogP contribution in [0.4, 0.5) is 0 Å². The molecule has 6 heteroatoms. The largest absolute Gasteiger partial charge is 0.383 e. The van der Waals surface area contributed by atoms with Crippen molar-refractivity contribution < 1.29 is 9.53 Å². The van der Waals surface area contributed by atoms with Gasteiger partial charge in [-0.25, -0.2) is 0 Å². The van der Waals surface area contributed by atoms with Crippen LogP contribution in [-0.4, -0.2) is 50.3 Å². The molecule has 0 aromatic heterocycles. The van der Waals surface area contributed by atoms with Crippen LogP contribution in [-0.2, 0) is 9.53 Å². The molecule has 1 aliphatic rings. The number of ether oxygens (including phenoxy) is 1. The van der Waals surface area contributed by atoms with Crippen LogP contribution in [0.1, 0.15) is 19.8 Å². The summed E-state index contributed by atoms with van der Waals surface area (Å²) in [5.41, 5.74) is -0.0521. The van der Waals surface area contributed by atoms with E-state index in [4.69, 9.17) is 4.74 Å². The minimum Gasteiger partial charge on any atom is -0.383 e. The molecule has 2 N–H and O–H groups in total. The molecular formula is C12H25ClN2O2S. The molecule has 0 saturated carbocycles. The number of methoxy groups -OCH3 is 1. The summed E-state index contributed by atoms with van der Waals surface area (Å²) in [7, 11) is 1.71. The average Bonchev–Trinajstić information content (AvgIpc) is 2.76. The second-order valence-corrected chi connectivity index (χ2v) is 5.73. The van der Waals surface area contributed by atoms with Crippen LogP contribution in [0.5, 0.6) is 0 Å². The third-order valence-electron chi connectivity index (χ3n) is 3.22. The number of thioether (sulfide) groups is 1. The van der Waals surface area contributed by atoms with Gasteiger partial charge in [-0.15, -0.1) is 12.4 Å². The van der Waals surface area contributed by atoms with E-state index in [0.29, 0.717) is 13.2 Å². The second kappa shape index (κ2) is 9.02. The molecule has 1 heterocycles. The van der Waals surface area contributed by atoms with Crippen molar-refractivity contribution in [1.82, 2.24) is 10.6 Å². The fourth-order valence-electron chi connectivity index (χ4n) is 2.23. The van der Waals surface area contributed by atoms with E-state index in [1.807, 2.05) is 13.2 Å². The van der Waals surface area contributed by atoms with Crippen molar-refractivity contribution in [2.75, 3.05) is 38.8 Å². The zero-order valence-corrected chi connectivity index (χ0v) is 13.1. The van der Waals surface area contributed by atoms with Crippen molar-refractivity contribution >= 4 is 30.1 Å². The van der Waals surface area contributed by atoms with E-state index in [2.05, 4.69) is 10.6 Å². The van der Waals surface area contributed by atoms with Crippen LogP contribution >= 0.6 is 24.2 Å². The number of rotatable bonds is 7. The highest BCUT2D eigenvalue weighted by atomic mass is 35.5. The molecule has 1 rings (SSSR count). The number of hydrogen-bond donors (Lipinski definition) is 2. The molecular weight excluding hydrogens is 272 g/mol. The van der Waals surface area contributed by atoms with E-state index >= 15 is 0 Å². The summed E-state index contributed by atoms with van der Waals surface area (Å²) in [6.07, 6.45) is 4.24. The highest BCUT2D eigenvalue weighted by Crippen LogP contribution is 2.19. The molecule has 0 spiro atoms. The van der Waals surface area contributed by atoms with E-state index in [-0.39, 0.29) is 29.8 Å². The lowest BCUT2D eigenvalue weighted by atomic mass is 9.98. The van der Waals surface area contributed by atoms with Gasteiger partial charge in [0.2, 0.25) is 5.91 Å². The zero-order valence-electron chi connectivity index (χ0n) is 11.5. The van der Waals surface area contributed by atoms with Crippen molar-refractivity contribution in [2.24, 2.45) is 5.92 Å². The maximum absolute atomic E-state index is 11.8. The maximum Gasteiger partial charge on any atom is 0.223 e. The van der Waals surface area contributed by atoms with Gasteiger partial charge in [0.25, 0.3) is 0 Å². The molecule has 2 unspecified atom stereocenters. The Labute approximate surface area is 120 Å². The second-order valence-electron chi connectivity index (χ2n) is 4.82. The third-order valence-corrected chi connectivity index (χ3v) is 4.05. The van der Waals surface area contributed by atoms with Crippen LogP contribution in [0.25, 0.3) is 0 Å². The van der Waals surface area contributed by atoms with E-state index in [1.165, 1.54) is 0 Å². The molecule has 2 atom stereocenters. The Balaban J connectivity index is 0.00000289. The van der Waals surface area contributed by atoms with Gasteiger partial charge in [0.15, 0.2) is 0 Å². The van der Waals surface area contributed by atoms with Crippen molar-refractivity contribution in [3.05, 3.63) is 0 Å². The molecule has 18 heavy (non-hydrogen) atoms. The molecule has 0 aromatic carbocycles. The van der Waals surface area contributed by atoms with E-state index < -0.39 is 0 Å². The van der Waals surface area contributed by atoms with Crippen molar-refractivity contribution in [2.45, 2.75) is 25.3 Å². The van der Waals surface area contributed by atoms with Gasteiger partial charge < -0.3 is 15.4 Å². The SMILES string of the molecule is COCC1(CNC(=O)C(C)CSC)CCCN1.Cl. The number of amides is 1. The van der Waals surface area contributed by atoms with Crippen LogP contribution in [0.15, 0.2) is 0 Å². The Kier molecular flexibility index (Phi) is 9.03. The van der Waals surface area contributed by atoms with Crippen LogP contribution in [0, 0.1) is 5.92 Å². The normalized spacial score (nSPS) is 24.4. The van der Waals surface area contributed by atoms with Crippen LogP contribution < -0.4 is 10.6 Å². The Morgan fingerprint density at radius 3 is 2.83 bits per heavy atom. The zero-order chi connectivity index (χ0) is 12.7. The molecule has 1 saturated heterocycles. The lowest BCUT2D eigenvalue weighted by molar-refractivity contribution is -0.124. The standard InChI is InChI=1S/C12H24N2O2S.ClH/c1-10(7-17-3)11(15)13-8-12(9-16-2)5-4-6-14-12;/h10,14H,4-9H2,1-3H3,(H,13,15);1H. The summed E-state index contributed by atoms with van der Waals surface area (Å²) in [6, 6.07) is 0. The Morgan fingerprint density at radius 1 is 1.61 bits per heavy atom. The quantitative estimate of drug-likeness (QED) is 0.743. The number of carbonyl (C=O) groups is 1. The summed E-state index contributed by atoms with van der Waals surface area (Å²) in [4.78, 5) is 11.8. The lowest BCUT2D eigenvalue weighted by Gasteiger charge is -2.29. The summed E-state index contributed by atoms with van der Waals surface area (Å²) < 4.78 is 5.25. The summed E-state index contributed by atoms with van der Waals surface area (Å²) in [5, 5.41) is 6.49. The average molecular weight is 297 g/mol. The number of carbonyl (C=O) groups excluding carboxylic acids is 1. The molecule has 1 fully saturated rings. The minimum atomic E-state index is -0.0521. The van der Waals surface area contributed by atoms with Crippen molar-refractivity contribution in [3.8, 4) is 0 Å². The molecule has 0 aliphatic carbocycles. The van der Waals surface area contributed by atoms with Crippen LogP contribution in [0.2, 0.25) is 0 Å². The van der Waals surface area contributed by atoms with E-state index in [0.717, 1.165) is 25.1 Å². The number of nitrogens with one attached hydrogen (secondary N) is 2. The van der Waals surface area contributed by atoms with Gasteiger partial charge in [0, 0.05) is 25.3 Å². The fourth-order valence-corrected chi connectivity index (χ4v) is 2.88. The number of hydrogen-bond acceptors (Lipinski definition) is 4. The number of halogens is 1. The van der Waals surface area contributed by atoms with Gasteiger partial charge in [-0.05, 0) is 25.6 Å². The van der Waals surface area contributed by atoms with Gasteiger partial charge in [-0.3, -0.25) is 4.79 Å². The smallest absolute Gasteiger partial charge is 0.223 e. The Hall–Kier alpha value is 0.0300. The van der Waals surface area contributed by atoms with Crippen molar-refractivity contribution in [3.63, 3.8) is 0 Å². The van der Waals surface area contributed by atoms with E-state index in [1.54, 1.807) is 18.9 Å². The monoisotopic (exact) mass is 296 g/mol. The van der Waals surface area contributed by atoms with E-state index in [9.17, 15) is 4.79 Å². The molecule has 1 amide bonds. The van der Waals surface area contributed by atoms with Gasteiger partial charge in [0.1, 0.15) is 0 Å². The first-order valence-electron chi connectivity index (χ1n) is 6.14. The predicted molar refractivity (Wildman–Crippen MR) is 79.6 cm³/mol. The molecule has 0 bridgehead atoms. The summed E-state index contributed by atoms with van der Waals surface area (Å²) in [5.74, 6) is 1.09. The molecule has 1 aliphatic heterocycles. The van der Waals surface area contributed by atoms with Gasteiger partial charge in [0.05, 0.1) is 12.1 Å². The Morgan fingerprint density at radius 2 is 2.33 bits per heavy atom. The van der Waals surface area contributed by atoms with Crippen LogP contribution in [0.3, 0.4) is 0 Å². The van der Waals surface area contributed by atoms with Crippen molar-refractivity contribution in [1.29, 1.82) is 0 Å². The molecule has 0 radical (unpaired) electrons. The first-order chi connectivity index (χ1) is 8.13. The third kappa shape index (κ3) is 5.34. The predicted octanol–water partition coefficient (Wildman–Crippen LogP) is 1.29. The minimum absolute atomic E-state index is 0.